The monoisotopic (exact) mass is 287 g/mol. The average Bonchev–Trinajstić information content (AvgIpc) is 3.33. The molecule has 1 aliphatic carbocycles. The van der Waals surface area contributed by atoms with Crippen molar-refractivity contribution in [1.29, 1.82) is 0 Å². The third-order valence-electron chi connectivity index (χ3n) is 4.69. The molecule has 0 unspecified atom stereocenters. The summed E-state index contributed by atoms with van der Waals surface area (Å²) in [7, 11) is 0. The zero-order chi connectivity index (χ0) is 14.5. The topological polar surface area (TPSA) is 18.5 Å². The molecule has 0 amide bonds. The Labute approximate surface area is 129 Å². The third-order valence-corrected chi connectivity index (χ3v) is 4.69. The number of benzene rings is 1. The Balaban J connectivity index is 1.41. The van der Waals surface area contributed by atoms with Crippen molar-refractivity contribution in [3.63, 3.8) is 0 Å². The lowest BCUT2D eigenvalue weighted by Gasteiger charge is -2.34. The molecular weight excluding hydrogens is 258 g/mol. The molecule has 3 nitrogen and oxygen atoms in total. The van der Waals surface area contributed by atoms with Crippen LogP contribution < -0.4 is 5.32 Å². The number of nitrogens with zero attached hydrogens (tertiary/aromatic N) is 2. The Kier molecular flexibility index (Phi) is 5.28. The Morgan fingerprint density at radius 1 is 0.952 bits per heavy atom. The van der Waals surface area contributed by atoms with Gasteiger partial charge in [0.05, 0.1) is 0 Å². The van der Waals surface area contributed by atoms with E-state index in [1.165, 1.54) is 56.7 Å². The van der Waals surface area contributed by atoms with Gasteiger partial charge in [0, 0.05) is 45.8 Å². The molecule has 116 valence electrons. The van der Waals surface area contributed by atoms with Crippen LogP contribution in [0.1, 0.15) is 30.9 Å². The maximum Gasteiger partial charge on any atom is 0.0234 e. The highest BCUT2D eigenvalue weighted by atomic mass is 15.3. The summed E-state index contributed by atoms with van der Waals surface area (Å²) in [5.41, 5.74) is 2.83. The van der Waals surface area contributed by atoms with Crippen LogP contribution in [0.15, 0.2) is 24.3 Å². The zero-order valence-electron chi connectivity index (χ0n) is 13.4. The number of rotatable bonds is 7. The van der Waals surface area contributed by atoms with E-state index in [1.54, 1.807) is 0 Å². The Hall–Kier alpha value is -0.900. The molecule has 0 radical (unpaired) electrons. The maximum atomic E-state index is 3.37. The molecule has 1 N–H and O–H groups in total. The summed E-state index contributed by atoms with van der Waals surface area (Å²) in [6.07, 6.45) is 2.94. The number of piperazine rings is 1. The minimum atomic E-state index is 0.983. The van der Waals surface area contributed by atoms with Gasteiger partial charge in [-0.05, 0) is 36.4 Å². The number of nitrogens with one attached hydrogen (secondary N) is 1. The Morgan fingerprint density at radius 3 is 2.19 bits per heavy atom. The summed E-state index contributed by atoms with van der Waals surface area (Å²) >= 11 is 0. The van der Waals surface area contributed by atoms with Crippen LogP contribution in [0.3, 0.4) is 0 Å². The van der Waals surface area contributed by atoms with Crippen LogP contribution in [-0.4, -0.2) is 49.1 Å². The summed E-state index contributed by atoms with van der Waals surface area (Å²) in [6.45, 7) is 11.6. The first-order valence-electron chi connectivity index (χ1n) is 8.56. The maximum absolute atomic E-state index is 3.37. The molecule has 1 aromatic carbocycles. The Morgan fingerprint density at radius 2 is 1.57 bits per heavy atom. The fraction of sp³-hybridized carbons (Fsp3) is 0.667. The smallest absolute Gasteiger partial charge is 0.0234 e. The van der Waals surface area contributed by atoms with Crippen LogP contribution in [0.5, 0.6) is 0 Å². The van der Waals surface area contributed by atoms with Crippen molar-refractivity contribution in [3.05, 3.63) is 35.4 Å². The molecular formula is C18H29N3. The first-order chi connectivity index (χ1) is 10.3. The van der Waals surface area contributed by atoms with Crippen molar-refractivity contribution in [2.24, 2.45) is 5.92 Å². The molecule has 2 aliphatic rings. The zero-order valence-corrected chi connectivity index (χ0v) is 13.4. The largest absolute Gasteiger partial charge is 0.313 e. The van der Waals surface area contributed by atoms with Crippen LogP contribution in [-0.2, 0) is 13.1 Å². The fourth-order valence-electron chi connectivity index (χ4n) is 3.09. The van der Waals surface area contributed by atoms with Crippen LogP contribution in [0.25, 0.3) is 0 Å². The highest BCUT2D eigenvalue weighted by Crippen LogP contribution is 2.29. The van der Waals surface area contributed by atoms with Gasteiger partial charge in [-0.25, -0.2) is 0 Å². The summed E-state index contributed by atoms with van der Waals surface area (Å²) in [6, 6.07) is 9.12. The van der Waals surface area contributed by atoms with Gasteiger partial charge < -0.3 is 10.2 Å². The van der Waals surface area contributed by atoms with Crippen LogP contribution >= 0.6 is 0 Å². The van der Waals surface area contributed by atoms with Gasteiger partial charge in [0.25, 0.3) is 0 Å². The number of hydrogen-bond donors (Lipinski definition) is 1. The van der Waals surface area contributed by atoms with E-state index in [-0.39, 0.29) is 0 Å². The first-order valence-corrected chi connectivity index (χ1v) is 8.56. The van der Waals surface area contributed by atoms with Gasteiger partial charge in [0.1, 0.15) is 0 Å². The van der Waals surface area contributed by atoms with Crippen molar-refractivity contribution in [1.82, 2.24) is 15.1 Å². The van der Waals surface area contributed by atoms with Gasteiger partial charge in [-0.3, -0.25) is 4.90 Å². The molecule has 1 saturated heterocycles. The molecule has 1 saturated carbocycles. The van der Waals surface area contributed by atoms with Crippen LogP contribution in [0, 0.1) is 5.92 Å². The highest BCUT2D eigenvalue weighted by molar-refractivity contribution is 5.22. The summed E-state index contributed by atoms with van der Waals surface area (Å²) < 4.78 is 0. The van der Waals surface area contributed by atoms with Crippen molar-refractivity contribution in [2.45, 2.75) is 32.9 Å². The van der Waals surface area contributed by atoms with Crippen LogP contribution in [0.2, 0.25) is 0 Å². The normalized spacial score (nSPS) is 20.8. The Bertz CT molecular complexity index is 417. The van der Waals surface area contributed by atoms with Crippen molar-refractivity contribution in [2.75, 3.05) is 39.3 Å². The minimum absolute atomic E-state index is 0.983. The van der Waals surface area contributed by atoms with E-state index in [4.69, 9.17) is 0 Å². The average molecular weight is 287 g/mol. The summed E-state index contributed by atoms with van der Waals surface area (Å²) in [4.78, 5) is 5.26. The molecule has 2 fully saturated rings. The van der Waals surface area contributed by atoms with Gasteiger partial charge in [0.2, 0.25) is 0 Å². The molecule has 0 spiro atoms. The predicted molar refractivity (Wildman–Crippen MR) is 88.3 cm³/mol. The second kappa shape index (κ2) is 7.39. The predicted octanol–water partition coefficient (Wildman–Crippen LogP) is 2.32. The van der Waals surface area contributed by atoms with E-state index in [2.05, 4.69) is 46.3 Å². The van der Waals surface area contributed by atoms with E-state index >= 15 is 0 Å². The molecule has 3 rings (SSSR count). The molecule has 0 aromatic heterocycles. The molecule has 21 heavy (non-hydrogen) atoms. The van der Waals surface area contributed by atoms with Gasteiger partial charge in [-0.15, -0.1) is 0 Å². The molecule has 1 heterocycles. The second-order valence-corrected chi connectivity index (χ2v) is 6.62. The van der Waals surface area contributed by atoms with Gasteiger partial charge in [-0.1, -0.05) is 31.2 Å². The van der Waals surface area contributed by atoms with Gasteiger partial charge >= 0.3 is 0 Å². The van der Waals surface area contributed by atoms with E-state index in [1.807, 2.05) is 0 Å². The highest BCUT2D eigenvalue weighted by Gasteiger charge is 2.26. The van der Waals surface area contributed by atoms with Crippen molar-refractivity contribution >= 4 is 0 Å². The van der Waals surface area contributed by atoms with Crippen LogP contribution in [0.4, 0.5) is 0 Å². The lowest BCUT2D eigenvalue weighted by molar-refractivity contribution is 0.123. The van der Waals surface area contributed by atoms with Gasteiger partial charge in [-0.2, -0.15) is 0 Å². The molecule has 0 bridgehead atoms. The standard InChI is InChI=1S/C18H29N3/c1-2-19-13-16-3-5-17(6-4-16)14-20-9-11-21(12-10-20)15-18-7-8-18/h3-6,18-19H,2,7-15H2,1H3. The van der Waals surface area contributed by atoms with E-state index < -0.39 is 0 Å². The SMILES string of the molecule is CCNCc1ccc(CN2CCN(CC3CC3)CC2)cc1. The molecule has 3 heteroatoms. The fourth-order valence-corrected chi connectivity index (χ4v) is 3.09. The summed E-state index contributed by atoms with van der Waals surface area (Å²) in [5, 5.41) is 3.37. The molecule has 0 atom stereocenters. The van der Waals surface area contributed by atoms with E-state index in [9.17, 15) is 0 Å². The van der Waals surface area contributed by atoms with E-state index in [0.717, 1.165) is 25.6 Å². The van der Waals surface area contributed by atoms with Crippen molar-refractivity contribution < 1.29 is 0 Å². The third kappa shape index (κ3) is 4.80. The lowest BCUT2D eigenvalue weighted by Crippen LogP contribution is -2.46. The first kappa shape index (κ1) is 15.0. The minimum Gasteiger partial charge on any atom is -0.313 e. The van der Waals surface area contributed by atoms with Crippen molar-refractivity contribution in [3.8, 4) is 0 Å². The lowest BCUT2D eigenvalue weighted by atomic mass is 10.1. The van der Waals surface area contributed by atoms with E-state index in [0.29, 0.717) is 0 Å². The summed E-state index contributed by atoms with van der Waals surface area (Å²) in [5.74, 6) is 1.03. The van der Waals surface area contributed by atoms with Gasteiger partial charge in [0.15, 0.2) is 0 Å². The number of hydrogen-bond acceptors (Lipinski definition) is 3. The second-order valence-electron chi connectivity index (χ2n) is 6.62. The molecule has 1 aromatic rings. The quantitative estimate of drug-likeness (QED) is 0.830. The molecule has 1 aliphatic heterocycles.